The third-order valence-corrected chi connectivity index (χ3v) is 3.75. The van der Waals surface area contributed by atoms with Gasteiger partial charge in [-0.3, -0.25) is 4.98 Å². The summed E-state index contributed by atoms with van der Waals surface area (Å²) in [6.45, 7) is 5.69. The topological polar surface area (TPSA) is 24.9 Å². The van der Waals surface area contributed by atoms with Crippen molar-refractivity contribution in [1.82, 2.24) is 10.3 Å². The lowest BCUT2D eigenvalue weighted by Crippen LogP contribution is -2.39. The molecular formula is C14H22N2. The van der Waals surface area contributed by atoms with Crippen LogP contribution in [0.2, 0.25) is 0 Å². The summed E-state index contributed by atoms with van der Waals surface area (Å²) in [6, 6.07) is 4.82. The van der Waals surface area contributed by atoms with Gasteiger partial charge in [0.25, 0.3) is 0 Å². The van der Waals surface area contributed by atoms with Crippen LogP contribution in [0.5, 0.6) is 0 Å². The molecule has 1 aliphatic carbocycles. The van der Waals surface area contributed by atoms with E-state index >= 15 is 0 Å². The van der Waals surface area contributed by atoms with Gasteiger partial charge in [-0.1, -0.05) is 26.3 Å². The SMILES string of the molecule is CC1CCC(C)C(NCc2cccnc2)C1. The molecule has 1 N–H and O–H groups in total. The first-order valence-electron chi connectivity index (χ1n) is 6.38. The first-order chi connectivity index (χ1) is 7.75. The van der Waals surface area contributed by atoms with E-state index in [1.165, 1.54) is 24.8 Å². The predicted octanol–water partition coefficient (Wildman–Crippen LogP) is 3.00. The van der Waals surface area contributed by atoms with Crippen LogP contribution in [-0.2, 0) is 6.54 Å². The summed E-state index contributed by atoms with van der Waals surface area (Å²) in [6.07, 6.45) is 7.86. The monoisotopic (exact) mass is 218 g/mol. The van der Waals surface area contributed by atoms with Gasteiger partial charge < -0.3 is 5.32 Å². The fourth-order valence-corrected chi connectivity index (χ4v) is 2.57. The predicted molar refractivity (Wildman–Crippen MR) is 67.0 cm³/mol. The van der Waals surface area contributed by atoms with Crippen molar-refractivity contribution in [2.75, 3.05) is 0 Å². The van der Waals surface area contributed by atoms with Gasteiger partial charge >= 0.3 is 0 Å². The molecule has 0 saturated heterocycles. The van der Waals surface area contributed by atoms with Crippen LogP contribution in [0.25, 0.3) is 0 Å². The quantitative estimate of drug-likeness (QED) is 0.843. The number of pyridine rings is 1. The van der Waals surface area contributed by atoms with Crippen LogP contribution in [0.3, 0.4) is 0 Å². The van der Waals surface area contributed by atoms with Gasteiger partial charge in [0.2, 0.25) is 0 Å². The molecule has 16 heavy (non-hydrogen) atoms. The minimum atomic E-state index is 0.684. The molecule has 0 radical (unpaired) electrons. The molecule has 1 aromatic rings. The standard InChI is InChI=1S/C14H22N2/c1-11-5-6-12(2)14(8-11)16-10-13-4-3-7-15-9-13/h3-4,7,9,11-12,14,16H,5-6,8,10H2,1-2H3. The Hall–Kier alpha value is -0.890. The van der Waals surface area contributed by atoms with Gasteiger partial charge in [0.1, 0.15) is 0 Å². The molecule has 0 aliphatic heterocycles. The summed E-state index contributed by atoms with van der Waals surface area (Å²) in [4.78, 5) is 4.14. The van der Waals surface area contributed by atoms with Crippen molar-refractivity contribution in [3.63, 3.8) is 0 Å². The summed E-state index contributed by atoms with van der Waals surface area (Å²) in [5, 5.41) is 3.68. The number of nitrogens with zero attached hydrogens (tertiary/aromatic N) is 1. The molecule has 2 heteroatoms. The fraction of sp³-hybridized carbons (Fsp3) is 0.643. The zero-order chi connectivity index (χ0) is 11.4. The Morgan fingerprint density at radius 1 is 1.38 bits per heavy atom. The third kappa shape index (κ3) is 3.05. The normalized spacial score (nSPS) is 30.2. The average Bonchev–Trinajstić information content (AvgIpc) is 2.32. The zero-order valence-corrected chi connectivity index (χ0v) is 10.3. The highest BCUT2D eigenvalue weighted by Gasteiger charge is 2.24. The summed E-state index contributed by atoms with van der Waals surface area (Å²) >= 11 is 0. The molecule has 1 aliphatic rings. The van der Waals surface area contributed by atoms with Crippen LogP contribution in [0.1, 0.15) is 38.7 Å². The molecule has 2 rings (SSSR count). The van der Waals surface area contributed by atoms with Crippen molar-refractivity contribution in [3.05, 3.63) is 30.1 Å². The van der Waals surface area contributed by atoms with E-state index in [2.05, 4.69) is 30.2 Å². The van der Waals surface area contributed by atoms with E-state index in [0.717, 1.165) is 18.4 Å². The van der Waals surface area contributed by atoms with Crippen LogP contribution in [0.15, 0.2) is 24.5 Å². The maximum atomic E-state index is 4.14. The minimum absolute atomic E-state index is 0.684. The molecule has 3 atom stereocenters. The van der Waals surface area contributed by atoms with Crippen LogP contribution >= 0.6 is 0 Å². The molecule has 0 spiro atoms. The summed E-state index contributed by atoms with van der Waals surface area (Å²) < 4.78 is 0. The maximum Gasteiger partial charge on any atom is 0.0312 e. The summed E-state index contributed by atoms with van der Waals surface area (Å²) in [7, 11) is 0. The van der Waals surface area contributed by atoms with E-state index < -0.39 is 0 Å². The molecule has 1 heterocycles. The van der Waals surface area contributed by atoms with E-state index in [0.29, 0.717) is 6.04 Å². The second-order valence-corrected chi connectivity index (χ2v) is 5.24. The molecule has 1 saturated carbocycles. The number of nitrogens with one attached hydrogen (secondary N) is 1. The van der Waals surface area contributed by atoms with Crippen molar-refractivity contribution in [3.8, 4) is 0 Å². The Balaban J connectivity index is 1.85. The molecule has 3 unspecified atom stereocenters. The van der Waals surface area contributed by atoms with Gasteiger partial charge in [0, 0.05) is 25.0 Å². The lowest BCUT2D eigenvalue weighted by atomic mass is 9.80. The Labute approximate surface area is 98.5 Å². The van der Waals surface area contributed by atoms with Gasteiger partial charge in [-0.15, -0.1) is 0 Å². The number of rotatable bonds is 3. The van der Waals surface area contributed by atoms with E-state index in [1.807, 2.05) is 18.5 Å². The molecule has 88 valence electrons. The smallest absolute Gasteiger partial charge is 0.0312 e. The van der Waals surface area contributed by atoms with Gasteiger partial charge in [0.05, 0.1) is 0 Å². The highest BCUT2D eigenvalue weighted by Crippen LogP contribution is 2.28. The van der Waals surface area contributed by atoms with Crippen molar-refractivity contribution < 1.29 is 0 Å². The number of hydrogen-bond donors (Lipinski definition) is 1. The van der Waals surface area contributed by atoms with Gasteiger partial charge in [-0.25, -0.2) is 0 Å². The summed E-state index contributed by atoms with van der Waals surface area (Å²) in [5.41, 5.74) is 1.29. The summed E-state index contributed by atoms with van der Waals surface area (Å²) in [5.74, 6) is 1.69. The first-order valence-corrected chi connectivity index (χ1v) is 6.38. The number of hydrogen-bond acceptors (Lipinski definition) is 2. The van der Waals surface area contributed by atoms with Crippen molar-refractivity contribution in [2.45, 2.75) is 45.7 Å². The van der Waals surface area contributed by atoms with Crippen molar-refractivity contribution in [1.29, 1.82) is 0 Å². The van der Waals surface area contributed by atoms with Crippen LogP contribution in [0.4, 0.5) is 0 Å². The maximum absolute atomic E-state index is 4.14. The Morgan fingerprint density at radius 3 is 3.00 bits per heavy atom. The Morgan fingerprint density at radius 2 is 2.25 bits per heavy atom. The van der Waals surface area contributed by atoms with Crippen molar-refractivity contribution in [2.24, 2.45) is 11.8 Å². The molecule has 0 aromatic carbocycles. The average molecular weight is 218 g/mol. The van der Waals surface area contributed by atoms with E-state index in [4.69, 9.17) is 0 Å². The van der Waals surface area contributed by atoms with Gasteiger partial charge in [-0.05, 0) is 36.3 Å². The zero-order valence-electron chi connectivity index (χ0n) is 10.3. The van der Waals surface area contributed by atoms with E-state index in [1.54, 1.807) is 0 Å². The minimum Gasteiger partial charge on any atom is -0.310 e. The first kappa shape index (κ1) is 11.6. The molecular weight excluding hydrogens is 196 g/mol. The lowest BCUT2D eigenvalue weighted by molar-refractivity contribution is 0.227. The lowest BCUT2D eigenvalue weighted by Gasteiger charge is -2.33. The second kappa shape index (κ2) is 5.44. The molecule has 2 nitrogen and oxygen atoms in total. The Bertz CT molecular complexity index is 310. The van der Waals surface area contributed by atoms with Crippen LogP contribution in [0, 0.1) is 11.8 Å². The molecule has 0 amide bonds. The van der Waals surface area contributed by atoms with E-state index in [9.17, 15) is 0 Å². The van der Waals surface area contributed by atoms with Gasteiger partial charge in [0.15, 0.2) is 0 Å². The van der Waals surface area contributed by atoms with Crippen LogP contribution in [-0.4, -0.2) is 11.0 Å². The highest BCUT2D eigenvalue weighted by molar-refractivity contribution is 5.08. The molecule has 0 bridgehead atoms. The highest BCUT2D eigenvalue weighted by atomic mass is 14.9. The third-order valence-electron chi connectivity index (χ3n) is 3.75. The fourth-order valence-electron chi connectivity index (χ4n) is 2.57. The largest absolute Gasteiger partial charge is 0.310 e. The van der Waals surface area contributed by atoms with Crippen LogP contribution < -0.4 is 5.32 Å². The second-order valence-electron chi connectivity index (χ2n) is 5.24. The molecule has 1 fully saturated rings. The number of aromatic nitrogens is 1. The van der Waals surface area contributed by atoms with E-state index in [-0.39, 0.29) is 0 Å². The van der Waals surface area contributed by atoms with Crippen molar-refractivity contribution >= 4 is 0 Å². The van der Waals surface area contributed by atoms with Gasteiger partial charge in [-0.2, -0.15) is 0 Å². The molecule has 1 aromatic heterocycles. The Kier molecular flexibility index (Phi) is 3.94.